The van der Waals surface area contributed by atoms with Gasteiger partial charge >= 0.3 is 0 Å². The number of para-hydroxylation sites is 1. The third-order valence-corrected chi connectivity index (χ3v) is 3.10. The molecule has 0 radical (unpaired) electrons. The first-order chi connectivity index (χ1) is 9.63. The SMILES string of the molecule is CCOc1cccc2c1[nH]c(=S)n2CCOCC(N)=O. The molecule has 3 N–H and O–H groups in total. The van der Waals surface area contributed by atoms with E-state index in [1.165, 1.54) is 0 Å². The first-order valence-electron chi connectivity index (χ1n) is 6.34. The molecule has 1 aromatic heterocycles. The van der Waals surface area contributed by atoms with Crippen molar-refractivity contribution in [3.8, 4) is 5.75 Å². The van der Waals surface area contributed by atoms with Crippen LogP contribution in [0.25, 0.3) is 11.0 Å². The number of imidazole rings is 1. The van der Waals surface area contributed by atoms with E-state index in [1.807, 2.05) is 29.7 Å². The van der Waals surface area contributed by atoms with Gasteiger partial charge in [-0.25, -0.2) is 0 Å². The van der Waals surface area contributed by atoms with Gasteiger partial charge in [0.1, 0.15) is 17.9 Å². The van der Waals surface area contributed by atoms with E-state index in [2.05, 4.69) is 4.98 Å². The number of aromatic nitrogens is 2. The first-order valence-corrected chi connectivity index (χ1v) is 6.74. The largest absolute Gasteiger partial charge is 0.492 e. The summed E-state index contributed by atoms with van der Waals surface area (Å²) in [6.07, 6.45) is 0. The molecule has 1 amide bonds. The summed E-state index contributed by atoms with van der Waals surface area (Å²) < 4.78 is 13.2. The van der Waals surface area contributed by atoms with Gasteiger partial charge in [-0.3, -0.25) is 4.79 Å². The number of nitrogens with zero attached hydrogens (tertiary/aromatic N) is 1. The number of rotatable bonds is 7. The van der Waals surface area contributed by atoms with Gasteiger partial charge in [-0.1, -0.05) is 6.07 Å². The number of amides is 1. The lowest BCUT2D eigenvalue weighted by molar-refractivity contribution is -0.122. The highest BCUT2D eigenvalue weighted by Gasteiger charge is 2.09. The van der Waals surface area contributed by atoms with Crippen molar-refractivity contribution in [2.24, 2.45) is 5.73 Å². The van der Waals surface area contributed by atoms with Crippen LogP contribution in [0.4, 0.5) is 0 Å². The van der Waals surface area contributed by atoms with Crippen molar-refractivity contribution in [2.75, 3.05) is 19.8 Å². The second-order valence-electron chi connectivity index (χ2n) is 4.18. The molecule has 0 saturated heterocycles. The molecule has 0 unspecified atom stereocenters. The number of primary amides is 1. The molecule has 1 aromatic carbocycles. The summed E-state index contributed by atoms with van der Waals surface area (Å²) in [7, 11) is 0. The van der Waals surface area contributed by atoms with E-state index in [0.29, 0.717) is 24.5 Å². The zero-order valence-corrected chi connectivity index (χ0v) is 12.0. The van der Waals surface area contributed by atoms with Crippen molar-refractivity contribution in [3.63, 3.8) is 0 Å². The lowest BCUT2D eigenvalue weighted by Crippen LogP contribution is -2.19. The van der Waals surface area contributed by atoms with E-state index in [-0.39, 0.29) is 6.61 Å². The molecule has 2 aromatic rings. The molecule has 0 fully saturated rings. The smallest absolute Gasteiger partial charge is 0.243 e. The average Bonchev–Trinajstić information content (AvgIpc) is 2.72. The molecule has 6 nitrogen and oxygen atoms in total. The van der Waals surface area contributed by atoms with Gasteiger partial charge < -0.3 is 24.8 Å². The molecule has 0 atom stereocenters. The summed E-state index contributed by atoms with van der Waals surface area (Å²) >= 11 is 5.30. The van der Waals surface area contributed by atoms with E-state index in [4.69, 9.17) is 27.4 Å². The topological polar surface area (TPSA) is 82.3 Å². The summed E-state index contributed by atoms with van der Waals surface area (Å²) in [5.74, 6) is 0.291. The van der Waals surface area contributed by atoms with Gasteiger partial charge in [-0.2, -0.15) is 0 Å². The van der Waals surface area contributed by atoms with E-state index in [1.54, 1.807) is 0 Å². The second-order valence-corrected chi connectivity index (χ2v) is 4.57. The number of fused-ring (bicyclic) bond motifs is 1. The van der Waals surface area contributed by atoms with Crippen LogP contribution in [-0.2, 0) is 16.1 Å². The van der Waals surface area contributed by atoms with Crippen molar-refractivity contribution in [1.82, 2.24) is 9.55 Å². The summed E-state index contributed by atoms with van der Waals surface area (Å²) in [6, 6.07) is 5.76. The van der Waals surface area contributed by atoms with Crippen molar-refractivity contribution in [2.45, 2.75) is 13.5 Å². The minimum atomic E-state index is -0.480. The standard InChI is InChI=1S/C13H17N3O3S/c1-2-19-10-5-3-4-9-12(10)15-13(20)16(9)6-7-18-8-11(14)17/h3-5H,2,6-8H2,1H3,(H2,14,17)(H,15,20). The van der Waals surface area contributed by atoms with Crippen LogP contribution in [0.2, 0.25) is 0 Å². The zero-order chi connectivity index (χ0) is 14.5. The zero-order valence-electron chi connectivity index (χ0n) is 11.2. The Morgan fingerprint density at radius 2 is 2.30 bits per heavy atom. The van der Waals surface area contributed by atoms with Crippen molar-refractivity contribution in [3.05, 3.63) is 23.0 Å². The van der Waals surface area contributed by atoms with Crippen LogP contribution in [0.15, 0.2) is 18.2 Å². The molecule has 0 aliphatic heterocycles. The van der Waals surface area contributed by atoms with Crippen LogP contribution in [0.5, 0.6) is 5.75 Å². The number of aromatic amines is 1. The number of benzene rings is 1. The molecular formula is C13H17N3O3S. The van der Waals surface area contributed by atoms with Gasteiger partial charge in [0, 0.05) is 6.54 Å². The number of nitrogens with two attached hydrogens (primary N) is 1. The molecule has 0 aliphatic carbocycles. The number of H-pyrrole nitrogens is 1. The van der Waals surface area contributed by atoms with E-state index >= 15 is 0 Å². The highest BCUT2D eigenvalue weighted by atomic mass is 32.1. The van der Waals surface area contributed by atoms with Crippen LogP contribution >= 0.6 is 12.2 Å². The molecule has 1 heterocycles. The Labute approximate surface area is 121 Å². The highest BCUT2D eigenvalue weighted by Crippen LogP contribution is 2.24. The Morgan fingerprint density at radius 1 is 1.50 bits per heavy atom. The molecule has 0 aliphatic rings. The second kappa shape index (κ2) is 6.53. The van der Waals surface area contributed by atoms with Crippen molar-refractivity contribution in [1.29, 1.82) is 0 Å². The third kappa shape index (κ3) is 3.17. The minimum absolute atomic E-state index is 0.0835. The van der Waals surface area contributed by atoms with Gasteiger partial charge in [0.25, 0.3) is 0 Å². The highest BCUT2D eigenvalue weighted by molar-refractivity contribution is 7.71. The lowest BCUT2D eigenvalue weighted by atomic mass is 10.3. The van der Waals surface area contributed by atoms with Crippen molar-refractivity contribution >= 4 is 29.2 Å². The number of carbonyl (C=O) groups is 1. The first kappa shape index (κ1) is 14.5. The van der Waals surface area contributed by atoms with E-state index in [9.17, 15) is 4.79 Å². The van der Waals surface area contributed by atoms with Crippen LogP contribution in [0, 0.1) is 4.77 Å². The van der Waals surface area contributed by atoms with Gasteiger partial charge in [0.05, 0.1) is 18.7 Å². The monoisotopic (exact) mass is 295 g/mol. The molecule has 20 heavy (non-hydrogen) atoms. The lowest BCUT2D eigenvalue weighted by Gasteiger charge is -2.06. The average molecular weight is 295 g/mol. The fourth-order valence-electron chi connectivity index (χ4n) is 1.98. The van der Waals surface area contributed by atoms with Crippen molar-refractivity contribution < 1.29 is 14.3 Å². The molecule has 0 bridgehead atoms. The Bertz CT molecular complexity index is 662. The number of hydrogen-bond donors (Lipinski definition) is 2. The fourth-order valence-corrected chi connectivity index (χ4v) is 2.27. The molecule has 0 saturated carbocycles. The van der Waals surface area contributed by atoms with Crippen LogP contribution in [0.3, 0.4) is 0 Å². The van der Waals surface area contributed by atoms with E-state index in [0.717, 1.165) is 16.8 Å². The molecule has 108 valence electrons. The number of hydrogen-bond acceptors (Lipinski definition) is 4. The molecular weight excluding hydrogens is 278 g/mol. The van der Waals surface area contributed by atoms with Gasteiger partial charge in [-0.05, 0) is 31.3 Å². The summed E-state index contributed by atoms with van der Waals surface area (Å²) in [6.45, 7) is 3.35. The fraction of sp³-hybridized carbons (Fsp3) is 0.385. The summed E-state index contributed by atoms with van der Waals surface area (Å²) in [4.78, 5) is 13.7. The maximum Gasteiger partial charge on any atom is 0.243 e. The van der Waals surface area contributed by atoms with Crippen LogP contribution < -0.4 is 10.5 Å². The minimum Gasteiger partial charge on any atom is -0.492 e. The Hall–Kier alpha value is -1.86. The number of nitrogens with one attached hydrogen (secondary N) is 1. The molecule has 7 heteroatoms. The van der Waals surface area contributed by atoms with Gasteiger partial charge in [-0.15, -0.1) is 0 Å². The van der Waals surface area contributed by atoms with E-state index < -0.39 is 5.91 Å². The number of carbonyl (C=O) groups excluding carboxylic acids is 1. The number of ether oxygens (including phenoxy) is 2. The predicted octanol–water partition coefficient (Wildman–Crippen LogP) is 1.60. The normalized spacial score (nSPS) is 10.8. The third-order valence-electron chi connectivity index (χ3n) is 2.78. The molecule has 2 rings (SSSR count). The van der Waals surface area contributed by atoms with Gasteiger partial charge in [0.2, 0.25) is 5.91 Å². The predicted molar refractivity (Wildman–Crippen MR) is 78.3 cm³/mol. The van der Waals surface area contributed by atoms with Gasteiger partial charge in [0.15, 0.2) is 4.77 Å². The Morgan fingerprint density at radius 3 is 3.00 bits per heavy atom. The molecule has 0 spiro atoms. The quantitative estimate of drug-likeness (QED) is 0.600. The van der Waals surface area contributed by atoms with Crippen LogP contribution in [-0.4, -0.2) is 35.3 Å². The summed E-state index contributed by atoms with van der Waals surface area (Å²) in [5.41, 5.74) is 6.83. The Kier molecular flexibility index (Phi) is 4.75. The summed E-state index contributed by atoms with van der Waals surface area (Å²) in [5, 5.41) is 0. The maximum atomic E-state index is 10.6. The van der Waals surface area contributed by atoms with Crippen LogP contribution in [0.1, 0.15) is 6.92 Å². The maximum absolute atomic E-state index is 10.6. The Balaban J connectivity index is 2.21.